The monoisotopic (exact) mass is 337 g/mol. The third kappa shape index (κ3) is 4.60. The zero-order valence-electron chi connectivity index (χ0n) is 15.2. The lowest BCUT2D eigenvalue weighted by Crippen LogP contribution is -2.48. The van der Waals surface area contributed by atoms with Gasteiger partial charge in [0.25, 0.3) is 5.91 Å². The lowest BCUT2D eigenvalue weighted by Gasteiger charge is -2.34. The Balaban J connectivity index is 1.54. The molecule has 0 aliphatic carbocycles. The molecule has 0 saturated carbocycles. The fraction of sp³-hybridized carbons (Fsp3) is 0.381. The number of benzene rings is 2. The molecule has 3 rings (SSSR count). The number of likely N-dealkylation sites (N-methyl/N-ethyl adjacent to an activating group) is 1. The molecule has 1 saturated heterocycles. The van der Waals surface area contributed by atoms with Crippen molar-refractivity contribution in [3.05, 3.63) is 65.2 Å². The van der Waals surface area contributed by atoms with Crippen molar-refractivity contribution in [2.45, 2.75) is 20.4 Å². The Morgan fingerprint density at radius 3 is 2.20 bits per heavy atom. The number of nitrogens with one attached hydrogen (secondary N) is 1. The minimum Gasteiger partial charge on any atom is -0.381 e. The van der Waals surface area contributed by atoms with Crippen molar-refractivity contribution < 1.29 is 4.79 Å². The summed E-state index contributed by atoms with van der Waals surface area (Å²) in [6.07, 6.45) is 0. The predicted molar refractivity (Wildman–Crippen MR) is 103 cm³/mol. The van der Waals surface area contributed by atoms with Gasteiger partial charge in [0, 0.05) is 44.0 Å². The maximum atomic E-state index is 12.6. The molecule has 25 heavy (non-hydrogen) atoms. The lowest BCUT2D eigenvalue weighted by atomic mass is 10.1. The molecule has 0 spiro atoms. The molecule has 1 heterocycles. The van der Waals surface area contributed by atoms with Gasteiger partial charge in [-0.15, -0.1) is 0 Å². The molecular formula is C21H27N3O. The van der Waals surface area contributed by atoms with E-state index < -0.39 is 0 Å². The number of amides is 1. The zero-order chi connectivity index (χ0) is 17.6. The summed E-state index contributed by atoms with van der Waals surface area (Å²) in [6, 6.07) is 16.3. The highest BCUT2D eigenvalue weighted by Crippen LogP contribution is 2.14. The Labute approximate surface area is 150 Å². The van der Waals surface area contributed by atoms with Gasteiger partial charge in [-0.3, -0.25) is 4.79 Å². The number of hydrogen-bond donors (Lipinski definition) is 1. The van der Waals surface area contributed by atoms with Crippen molar-refractivity contribution >= 4 is 11.6 Å². The van der Waals surface area contributed by atoms with Crippen molar-refractivity contribution in [2.24, 2.45) is 0 Å². The van der Waals surface area contributed by atoms with Gasteiger partial charge >= 0.3 is 0 Å². The van der Waals surface area contributed by atoms with Crippen LogP contribution in [0.1, 0.15) is 28.4 Å². The van der Waals surface area contributed by atoms with Crippen molar-refractivity contribution in [3.8, 4) is 0 Å². The van der Waals surface area contributed by atoms with Gasteiger partial charge in [-0.2, -0.15) is 0 Å². The molecule has 0 aromatic heterocycles. The van der Waals surface area contributed by atoms with E-state index in [9.17, 15) is 4.79 Å². The fourth-order valence-corrected chi connectivity index (χ4v) is 3.09. The molecule has 4 nitrogen and oxygen atoms in total. The highest BCUT2D eigenvalue weighted by atomic mass is 16.2. The summed E-state index contributed by atoms with van der Waals surface area (Å²) >= 11 is 0. The van der Waals surface area contributed by atoms with Gasteiger partial charge in [0.05, 0.1) is 0 Å². The smallest absolute Gasteiger partial charge is 0.253 e. The van der Waals surface area contributed by atoms with Crippen molar-refractivity contribution in [2.75, 3.05) is 38.0 Å². The SMILES string of the molecule is CCN1CCN(C(=O)c2ccc(NCc3ccc(C)cc3)cc2)CC1. The number of hydrogen-bond acceptors (Lipinski definition) is 3. The van der Waals surface area contributed by atoms with Gasteiger partial charge in [0.15, 0.2) is 0 Å². The fourth-order valence-electron chi connectivity index (χ4n) is 3.09. The van der Waals surface area contributed by atoms with E-state index in [1.807, 2.05) is 29.2 Å². The minimum absolute atomic E-state index is 0.140. The van der Waals surface area contributed by atoms with E-state index in [1.165, 1.54) is 11.1 Å². The van der Waals surface area contributed by atoms with Crippen LogP contribution in [0.25, 0.3) is 0 Å². The highest BCUT2D eigenvalue weighted by molar-refractivity contribution is 5.94. The van der Waals surface area contributed by atoms with Crippen molar-refractivity contribution in [1.82, 2.24) is 9.80 Å². The van der Waals surface area contributed by atoms with E-state index in [2.05, 4.69) is 48.3 Å². The Morgan fingerprint density at radius 2 is 1.60 bits per heavy atom. The number of nitrogens with zero attached hydrogens (tertiary/aromatic N) is 2. The number of carbonyl (C=O) groups is 1. The molecule has 0 radical (unpaired) electrons. The molecule has 4 heteroatoms. The van der Waals surface area contributed by atoms with E-state index in [0.717, 1.165) is 50.5 Å². The van der Waals surface area contributed by atoms with Crippen LogP contribution in [0.4, 0.5) is 5.69 Å². The summed E-state index contributed by atoms with van der Waals surface area (Å²) in [6.45, 7) is 9.68. The average molecular weight is 337 g/mol. The van der Waals surface area contributed by atoms with E-state index in [1.54, 1.807) is 0 Å². The molecule has 1 fully saturated rings. The van der Waals surface area contributed by atoms with Crippen LogP contribution in [-0.2, 0) is 6.54 Å². The molecule has 0 atom stereocenters. The summed E-state index contributed by atoms with van der Waals surface area (Å²) in [5, 5.41) is 3.41. The van der Waals surface area contributed by atoms with Gasteiger partial charge < -0.3 is 15.1 Å². The Morgan fingerprint density at radius 1 is 0.960 bits per heavy atom. The summed E-state index contributed by atoms with van der Waals surface area (Å²) in [5.41, 5.74) is 4.32. The van der Waals surface area contributed by atoms with E-state index in [-0.39, 0.29) is 5.91 Å². The van der Waals surface area contributed by atoms with Crippen molar-refractivity contribution in [1.29, 1.82) is 0 Å². The maximum Gasteiger partial charge on any atom is 0.253 e. The normalized spacial score (nSPS) is 15.2. The van der Waals surface area contributed by atoms with Gasteiger partial charge in [-0.05, 0) is 43.3 Å². The maximum absolute atomic E-state index is 12.6. The first-order valence-corrected chi connectivity index (χ1v) is 9.07. The molecular weight excluding hydrogens is 310 g/mol. The molecule has 2 aromatic carbocycles. The van der Waals surface area contributed by atoms with Crippen LogP contribution < -0.4 is 5.32 Å². The highest BCUT2D eigenvalue weighted by Gasteiger charge is 2.21. The Hall–Kier alpha value is -2.33. The summed E-state index contributed by atoms with van der Waals surface area (Å²) < 4.78 is 0. The number of carbonyl (C=O) groups excluding carboxylic acids is 1. The minimum atomic E-state index is 0.140. The number of aryl methyl sites for hydroxylation is 1. The second-order valence-electron chi connectivity index (χ2n) is 6.64. The number of piperazine rings is 1. The molecule has 0 unspecified atom stereocenters. The van der Waals surface area contributed by atoms with Gasteiger partial charge in [-0.1, -0.05) is 36.8 Å². The van der Waals surface area contributed by atoms with Crippen LogP contribution >= 0.6 is 0 Å². The first-order valence-electron chi connectivity index (χ1n) is 9.07. The van der Waals surface area contributed by atoms with E-state index in [4.69, 9.17) is 0 Å². The molecule has 1 aliphatic heterocycles. The quantitative estimate of drug-likeness (QED) is 0.908. The zero-order valence-corrected chi connectivity index (χ0v) is 15.2. The van der Waals surface area contributed by atoms with Crippen LogP contribution in [-0.4, -0.2) is 48.4 Å². The molecule has 0 bridgehead atoms. The standard InChI is InChI=1S/C21H27N3O/c1-3-23-12-14-24(15-13-23)21(25)19-8-10-20(11-9-19)22-16-18-6-4-17(2)5-7-18/h4-11,22H,3,12-16H2,1-2H3. The van der Waals surface area contributed by atoms with E-state index in [0.29, 0.717) is 0 Å². The average Bonchev–Trinajstić information content (AvgIpc) is 2.67. The third-order valence-corrected chi connectivity index (χ3v) is 4.86. The summed E-state index contributed by atoms with van der Waals surface area (Å²) in [5.74, 6) is 0.140. The first kappa shape index (κ1) is 17.5. The molecule has 2 aromatic rings. The second-order valence-corrected chi connectivity index (χ2v) is 6.64. The van der Waals surface area contributed by atoms with Gasteiger partial charge in [-0.25, -0.2) is 0 Å². The largest absolute Gasteiger partial charge is 0.381 e. The predicted octanol–water partition coefficient (Wildman–Crippen LogP) is 3.38. The molecule has 1 amide bonds. The summed E-state index contributed by atoms with van der Waals surface area (Å²) in [7, 11) is 0. The Kier molecular flexibility index (Phi) is 5.71. The number of rotatable bonds is 5. The summed E-state index contributed by atoms with van der Waals surface area (Å²) in [4.78, 5) is 16.9. The van der Waals surface area contributed by atoms with Crippen molar-refractivity contribution in [3.63, 3.8) is 0 Å². The third-order valence-electron chi connectivity index (χ3n) is 4.86. The first-order chi connectivity index (χ1) is 12.2. The topological polar surface area (TPSA) is 35.6 Å². The molecule has 1 N–H and O–H groups in total. The number of anilines is 1. The molecule has 132 valence electrons. The van der Waals surface area contributed by atoms with E-state index >= 15 is 0 Å². The van der Waals surface area contributed by atoms with Crippen LogP contribution in [0.2, 0.25) is 0 Å². The Bertz CT molecular complexity index is 686. The van der Waals surface area contributed by atoms with Crippen LogP contribution in [0, 0.1) is 6.92 Å². The van der Waals surface area contributed by atoms with Crippen LogP contribution in [0.5, 0.6) is 0 Å². The van der Waals surface area contributed by atoms with Gasteiger partial charge in [0.2, 0.25) is 0 Å². The second kappa shape index (κ2) is 8.17. The van der Waals surface area contributed by atoms with Crippen LogP contribution in [0.15, 0.2) is 48.5 Å². The van der Waals surface area contributed by atoms with Gasteiger partial charge in [0.1, 0.15) is 0 Å². The lowest BCUT2D eigenvalue weighted by molar-refractivity contribution is 0.0643. The van der Waals surface area contributed by atoms with Crippen LogP contribution in [0.3, 0.4) is 0 Å². The molecule has 1 aliphatic rings.